The van der Waals surface area contributed by atoms with Gasteiger partial charge in [-0.2, -0.15) is 0 Å². The Morgan fingerprint density at radius 3 is 2.58 bits per heavy atom. The third-order valence-electron chi connectivity index (χ3n) is 5.02. The number of ether oxygens (including phenoxy) is 1. The first-order valence-electron chi connectivity index (χ1n) is 10.3. The molecule has 1 N–H and O–H groups in total. The first kappa shape index (κ1) is 22.7. The second-order valence-corrected chi connectivity index (χ2v) is 8.55. The fourth-order valence-electron chi connectivity index (χ4n) is 3.34. The van der Waals surface area contributed by atoms with Gasteiger partial charge >= 0.3 is 5.97 Å². The first-order valence-corrected chi connectivity index (χ1v) is 11.2. The molecule has 0 saturated heterocycles. The number of hydrogen-bond donors (Lipinski definition) is 1. The molecule has 0 saturated carbocycles. The van der Waals surface area contributed by atoms with Crippen LogP contribution in [0, 0.1) is 13.8 Å². The molecule has 0 atom stereocenters. The number of nitrogens with zero attached hydrogens (tertiary/aromatic N) is 3. The topological polar surface area (TPSA) is 84.4 Å². The molecule has 0 bridgehead atoms. The fraction of sp³-hybridized carbons (Fsp3) is 0.391. The summed E-state index contributed by atoms with van der Waals surface area (Å²) in [6, 6.07) is 8.42. The van der Waals surface area contributed by atoms with Crippen molar-refractivity contribution in [3.05, 3.63) is 41.0 Å². The number of esters is 1. The summed E-state index contributed by atoms with van der Waals surface area (Å²) in [6.07, 6.45) is 2.05. The highest BCUT2D eigenvalue weighted by atomic mass is 32.1. The zero-order chi connectivity index (χ0) is 22.4. The van der Waals surface area contributed by atoms with Crippen molar-refractivity contribution < 1.29 is 14.3 Å². The Morgan fingerprint density at radius 1 is 1.13 bits per heavy atom. The highest BCUT2D eigenvalue weighted by Crippen LogP contribution is 2.40. The van der Waals surface area contributed by atoms with Gasteiger partial charge < -0.3 is 15.0 Å². The molecule has 2 aromatic heterocycles. The average molecular weight is 441 g/mol. The Bertz CT molecular complexity index is 1060. The van der Waals surface area contributed by atoms with E-state index in [4.69, 9.17) is 4.74 Å². The molecule has 0 aliphatic rings. The second-order valence-electron chi connectivity index (χ2n) is 7.35. The predicted octanol–water partition coefficient (Wildman–Crippen LogP) is 4.19. The molecule has 0 aliphatic heterocycles. The van der Waals surface area contributed by atoms with E-state index >= 15 is 0 Å². The molecule has 0 aliphatic carbocycles. The van der Waals surface area contributed by atoms with Gasteiger partial charge in [0.2, 0.25) is 5.91 Å². The third-order valence-corrected chi connectivity index (χ3v) is 6.03. The molecular weight excluding hydrogens is 412 g/mol. The van der Waals surface area contributed by atoms with E-state index in [2.05, 4.69) is 53.4 Å². The number of benzene rings is 1. The van der Waals surface area contributed by atoms with Crippen LogP contribution in [0.1, 0.15) is 30.2 Å². The van der Waals surface area contributed by atoms with Crippen LogP contribution in [0.15, 0.2) is 30.6 Å². The fourth-order valence-corrected chi connectivity index (χ4v) is 4.35. The van der Waals surface area contributed by atoms with Crippen LogP contribution in [0.5, 0.6) is 0 Å². The van der Waals surface area contributed by atoms with Gasteiger partial charge in [0.05, 0.1) is 18.4 Å². The monoisotopic (exact) mass is 440 g/mol. The van der Waals surface area contributed by atoms with Gasteiger partial charge in [0.15, 0.2) is 0 Å². The van der Waals surface area contributed by atoms with Gasteiger partial charge in [0.25, 0.3) is 0 Å². The first-order chi connectivity index (χ1) is 14.9. The zero-order valence-corrected chi connectivity index (χ0v) is 19.2. The minimum atomic E-state index is -0.292. The SMILES string of the molecule is CCOC(=O)CCN(C)C(=O)CCNc1ncnc2sc(C)c(-c3ccc(C)cc3)c12. The summed E-state index contributed by atoms with van der Waals surface area (Å²) in [4.78, 5) is 36.4. The van der Waals surface area contributed by atoms with Crippen LogP contribution in [0.3, 0.4) is 0 Å². The molecule has 0 spiro atoms. The molecule has 0 fully saturated rings. The van der Waals surface area contributed by atoms with E-state index in [1.54, 1.807) is 36.5 Å². The van der Waals surface area contributed by atoms with Gasteiger partial charge in [-0.25, -0.2) is 9.97 Å². The number of rotatable bonds is 9. The minimum Gasteiger partial charge on any atom is -0.466 e. The largest absolute Gasteiger partial charge is 0.466 e. The molecule has 3 aromatic rings. The Morgan fingerprint density at radius 2 is 1.87 bits per heavy atom. The van der Waals surface area contributed by atoms with Crippen molar-refractivity contribution >= 4 is 39.2 Å². The standard InChI is InChI=1S/C23H28N4O3S/c1-5-30-19(29)11-13-27(4)18(28)10-12-24-22-21-20(17-8-6-15(2)7-9-17)16(3)31-23(21)26-14-25-22/h6-9,14H,5,10-13H2,1-4H3,(H,24,25,26). The van der Waals surface area contributed by atoms with Crippen LogP contribution in [-0.2, 0) is 14.3 Å². The normalized spacial score (nSPS) is 10.8. The van der Waals surface area contributed by atoms with E-state index in [1.807, 2.05) is 0 Å². The molecule has 7 nitrogen and oxygen atoms in total. The lowest BCUT2D eigenvalue weighted by molar-refractivity contribution is -0.143. The maximum Gasteiger partial charge on any atom is 0.307 e. The van der Waals surface area contributed by atoms with Crippen molar-refractivity contribution in [3.63, 3.8) is 0 Å². The van der Waals surface area contributed by atoms with Crippen LogP contribution in [0.4, 0.5) is 5.82 Å². The molecule has 164 valence electrons. The van der Waals surface area contributed by atoms with Gasteiger partial charge in [-0.3, -0.25) is 9.59 Å². The summed E-state index contributed by atoms with van der Waals surface area (Å²) in [5, 5.41) is 4.29. The number of thiophene rings is 1. The Labute approximate surface area is 186 Å². The average Bonchev–Trinajstić information content (AvgIpc) is 3.09. The lowest BCUT2D eigenvalue weighted by Gasteiger charge is -2.17. The smallest absolute Gasteiger partial charge is 0.307 e. The van der Waals surface area contributed by atoms with Crippen LogP contribution < -0.4 is 5.32 Å². The molecule has 0 unspecified atom stereocenters. The summed E-state index contributed by atoms with van der Waals surface area (Å²) in [6.45, 7) is 7.06. The van der Waals surface area contributed by atoms with Crippen molar-refractivity contribution in [1.29, 1.82) is 0 Å². The third kappa shape index (κ3) is 5.58. The number of nitrogens with one attached hydrogen (secondary N) is 1. The Balaban J connectivity index is 1.69. The minimum absolute atomic E-state index is 0.0395. The number of aromatic nitrogens is 2. The van der Waals surface area contributed by atoms with E-state index in [1.165, 1.54) is 10.4 Å². The number of aryl methyl sites for hydroxylation is 2. The van der Waals surface area contributed by atoms with Gasteiger partial charge in [-0.1, -0.05) is 29.8 Å². The quantitative estimate of drug-likeness (QED) is 0.502. The highest BCUT2D eigenvalue weighted by Gasteiger charge is 2.17. The molecule has 3 rings (SSSR count). The molecule has 2 heterocycles. The summed E-state index contributed by atoms with van der Waals surface area (Å²) in [5.74, 6) is 0.398. The molecule has 0 radical (unpaired) electrons. The van der Waals surface area contributed by atoms with Gasteiger partial charge in [-0.05, 0) is 26.3 Å². The van der Waals surface area contributed by atoms with Crippen LogP contribution >= 0.6 is 11.3 Å². The molecule has 1 amide bonds. The van der Waals surface area contributed by atoms with Crippen molar-refractivity contribution in [2.75, 3.05) is 32.1 Å². The highest BCUT2D eigenvalue weighted by molar-refractivity contribution is 7.19. The van der Waals surface area contributed by atoms with E-state index in [9.17, 15) is 9.59 Å². The van der Waals surface area contributed by atoms with Gasteiger partial charge in [0.1, 0.15) is 17.0 Å². The number of carbonyl (C=O) groups excluding carboxylic acids is 2. The van der Waals surface area contributed by atoms with Crippen molar-refractivity contribution in [1.82, 2.24) is 14.9 Å². The van der Waals surface area contributed by atoms with Crippen LogP contribution in [0.25, 0.3) is 21.3 Å². The number of amides is 1. The summed E-state index contributed by atoms with van der Waals surface area (Å²) >= 11 is 1.64. The lowest BCUT2D eigenvalue weighted by atomic mass is 10.0. The Hall–Kier alpha value is -3.00. The van der Waals surface area contributed by atoms with Gasteiger partial charge in [0, 0.05) is 37.0 Å². The van der Waals surface area contributed by atoms with E-state index in [0.29, 0.717) is 26.1 Å². The van der Waals surface area contributed by atoms with Crippen LogP contribution in [0.2, 0.25) is 0 Å². The van der Waals surface area contributed by atoms with Crippen molar-refractivity contribution in [3.8, 4) is 11.1 Å². The predicted molar refractivity (Wildman–Crippen MR) is 124 cm³/mol. The van der Waals surface area contributed by atoms with Crippen LogP contribution in [-0.4, -0.2) is 53.5 Å². The summed E-state index contributed by atoms with van der Waals surface area (Å²) in [5.41, 5.74) is 3.46. The molecule has 1 aromatic carbocycles. The maximum absolute atomic E-state index is 12.4. The molecule has 8 heteroatoms. The number of anilines is 1. The van der Waals surface area contributed by atoms with E-state index in [-0.39, 0.29) is 18.3 Å². The summed E-state index contributed by atoms with van der Waals surface area (Å²) < 4.78 is 4.91. The molecular formula is C23H28N4O3S. The zero-order valence-electron chi connectivity index (χ0n) is 18.4. The lowest BCUT2D eigenvalue weighted by Crippen LogP contribution is -2.30. The molecule has 31 heavy (non-hydrogen) atoms. The number of hydrogen-bond acceptors (Lipinski definition) is 7. The second kappa shape index (κ2) is 10.3. The number of carbonyl (C=O) groups is 2. The maximum atomic E-state index is 12.4. The van der Waals surface area contributed by atoms with Gasteiger partial charge in [-0.15, -0.1) is 11.3 Å². The summed E-state index contributed by atoms with van der Waals surface area (Å²) in [7, 11) is 1.70. The van der Waals surface area contributed by atoms with Crippen molar-refractivity contribution in [2.24, 2.45) is 0 Å². The van der Waals surface area contributed by atoms with Crippen molar-refractivity contribution in [2.45, 2.75) is 33.6 Å². The number of fused-ring (bicyclic) bond motifs is 1. The Kier molecular flexibility index (Phi) is 7.57. The van der Waals surface area contributed by atoms with E-state index in [0.717, 1.165) is 27.2 Å². The van der Waals surface area contributed by atoms with E-state index < -0.39 is 0 Å².